The molecule has 24 heavy (non-hydrogen) atoms. The number of anilines is 2. The second-order valence-corrected chi connectivity index (χ2v) is 4.86. The molecule has 0 spiro atoms. The van der Waals surface area contributed by atoms with Gasteiger partial charge in [-0.1, -0.05) is 12.1 Å². The number of carbonyl (C=O) groups excluding carboxylic acids is 1. The Labute approximate surface area is 137 Å². The fraction of sp³-hybridized carbons (Fsp3) is 0. The summed E-state index contributed by atoms with van der Waals surface area (Å²) in [5, 5.41) is 14.0. The Morgan fingerprint density at radius 2 is 1.75 bits per heavy atom. The molecule has 0 unspecified atom stereocenters. The van der Waals surface area contributed by atoms with Gasteiger partial charge in [0.2, 0.25) is 5.82 Å². The van der Waals surface area contributed by atoms with Crippen LogP contribution in [0.3, 0.4) is 0 Å². The van der Waals surface area contributed by atoms with Gasteiger partial charge in [0.25, 0.3) is 0 Å². The Balaban J connectivity index is 1.99. The van der Waals surface area contributed by atoms with Gasteiger partial charge in [-0.3, -0.25) is 19.9 Å². The molecule has 1 aromatic carbocycles. The number of carbonyl (C=O) groups is 1. The molecule has 0 aliphatic rings. The first-order valence-corrected chi connectivity index (χ1v) is 7.07. The van der Waals surface area contributed by atoms with E-state index in [1.807, 2.05) is 0 Å². The van der Waals surface area contributed by atoms with Crippen LogP contribution in [0.1, 0.15) is 15.9 Å². The third-order valence-electron chi connectivity index (χ3n) is 3.35. The molecule has 0 saturated carbocycles. The van der Waals surface area contributed by atoms with Crippen molar-refractivity contribution in [1.29, 1.82) is 0 Å². The summed E-state index contributed by atoms with van der Waals surface area (Å²) in [6.07, 6.45) is 4.52. The van der Waals surface area contributed by atoms with E-state index in [4.69, 9.17) is 0 Å². The topological polar surface area (TPSA) is 98.0 Å². The van der Waals surface area contributed by atoms with Crippen LogP contribution in [0.4, 0.5) is 17.2 Å². The average Bonchev–Trinajstić information content (AvgIpc) is 2.62. The van der Waals surface area contributed by atoms with Crippen molar-refractivity contribution >= 4 is 23.0 Å². The Kier molecular flexibility index (Phi) is 4.24. The quantitative estimate of drug-likeness (QED) is 0.440. The first kappa shape index (κ1) is 15.3. The van der Waals surface area contributed by atoms with Gasteiger partial charge >= 0.3 is 5.69 Å². The first-order chi connectivity index (χ1) is 11.7. The van der Waals surface area contributed by atoms with Crippen LogP contribution in [0, 0.1) is 10.1 Å². The number of hydrogen-bond acceptors (Lipinski definition) is 6. The molecule has 0 aliphatic heterocycles. The molecule has 7 nitrogen and oxygen atoms in total. The lowest BCUT2D eigenvalue weighted by molar-refractivity contribution is -0.384. The number of aromatic nitrogens is 2. The van der Waals surface area contributed by atoms with Crippen molar-refractivity contribution in [2.75, 3.05) is 5.32 Å². The zero-order valence-corrected chi connectivity index (χ0v) is 12.4. The van der Waals surface area contributed by atoms with Crippen molar-refractivity contribution in [3.8, 4) is 0 Å². The number of pyridine rings is 2. The molecule has 0 aliphatic carbocycles. The van der Waals surface area contributed by atoms with E-state index in [1.165, 1.54) is 30.7 Å². The highest BCUT2D eigenvalue weighted by atomic mass is 16.6. The van der Waals surface area contributed by atoms with Crippen LogP contribution >= 0.6 is 0 Å². The summed E-state index contributed by atoms with van der Waals surface area (Å²) in [4.78, 5) is 31.1. The van der Waals surface area contributed by atoms with Crippen LogP contribution in [-0.2, 0) is 0 Å². The lowest BCUT2D eigenvalue weighted by Crippen LogP contribution is -2.07. The normalized spacial score (nSPS) is 10.2. The summed E-state index contributed by atoms with van der Waals surface area (Å²) >= 11 is 0. The van der Waals surface area contributed by atoms with Gasteiger partial charge in [0.05, 0.1) is 10.6 Å². The fourth-order valence-corrected chi connectivity index (χ4v) is 2.22. The summed E-state index contributed by atoms with van der Waals surface area (Å²) in [5.41, 5.74) is 1.16. The van der Waals surface area contributed by atoms with E-state index in [0.717, 1.165) is 0 Å². The molecule has 0 amide bonds. The minimum Gasteiger partial charge on any atom is -0.334 e. The summed E-state index contributed by atoms with van der Waals surface area (Å²) in [7, 11) is 0. The molecule has 3 rings (SSSR count). The first-order valence-electron chi connectivity index (χ1n) is 7.07. The summed E-state index contributed by atoms with van der Waals surface area (Å²) in [6.45, 7) is 0. The Morgan fingerprint density at radius 3 is 2.50 bits per heavy atom. The van der Waals surface area contributed by atoms with E-state index in [1.54, 1.807) is 36.4 Å². The van der Waals surface area contributed by atoms with Crippen molar-refractivity contribution in [3.63, 3.8) is 0 Å². The van der Waals surface area contributed by atoms with Crippen LogP contribution in [0.15, 0.2) is 67.1 Å². The molecule has 0 atom stereocenters. The monoisotopic (exact) mass is 320 g/mol. The Morgan fingerprint density at radius 1 is 1.00 bits per heavy atom. The maximum Gasteiger partial charge on any atom is 0.311 e. The molecule has 2 aromatic heterocycles. The van der Waals surface area contributed by atoms with Crippen LogP contribution in [0.25, 0.3) is 0 Å². The summed E-state index contributed by atoms with van der Waals surface area (Å²) in [5.74, 6) is -0.128. The number of hydrogen-bond donors (Lipinski definition) is 1. The van der Waals surface area contributed by atoms with Gasteiger partial charge in [-0.15, -0.1) is 0 Å². The van der Waals surface area contributed by atoms with E-state index < -0.39 is 4.92 Å². The SMILES string of the molecule is O=C(c1ccncc1)c1ccccc1Nc1ncccc1[N+](=O)[O-]. The number of benzene rings is 1. The minimum atomic E-state index is -0.525. The van der Waals surface area contributed by atoms with Gasteiger partial charge in [0.15, 0.2) is 5.78 Å². The maximum absolute atomic E-state index is 12.7. The molecule has 0 fully saturated rings. The van der Waals surface area contributed by atoms with Gasteiger partial charge in [0, 0.05) is 35.8 Å². The van der Waals surface area contributed by atoms with Crippen LogP contribution in [0.2, 0.25) is 0 Å². The fourth-order valence-electron chi connectivity index (χ4n) is 2.22. The highest BCUT2D eigenvalue weighted by Crippen LogP contribution is 2.27. The van der Waals surface area contributed by atoms with E-state index >= 15 is 0 Å². The van der Waals surface area contributed by atoms with Gasteiger partial charge in [-0.25, -0.2) is 4.98 Å². The summed E-state index contributed by atoms with van der Waals surface area (Å²) in [6, 6.07) is 12.9. The molecular weight excluding hydrogens is 308 g/mol. The number of ketones is 1. The number of nitro groups is 1. The van der Waals surface area contributed by atoms with E-state index in [9.17, 15) is 14.9 Å². The zero-order chi connectivity index (χ0) is 16.9. The van der Waals surface area contributed by atoms with Crippen molar-refractivity contribution in [2.24, 2.45) is 0 Å². The van der Waals surface area contributed by atoms with Crippen molar-refractivity contribution in [3.05, 3.63) is 88.4 Å². The molecular formula is C17H12N4O3. The molecule has 7 heteroatoms. The Hall–Kier alpha value is -3.61. The van der Waals surface area contributed by atoms with Crippen LogP contribution < -0.4 is 5.32 Å². The molecule has 1 N–H and O–H groups in total. The van der Waals surface area contributed by atoms with E-state index in [-0.39, 0.29) is 17.3 Å². The van der Waals surface area contributed by atoms with Gasteiger partial charge < -0.3 is 5.32 Å². The predicted octanol–water partition coefficient (Wildman–Crippen LogP) is 3.36. The molecule has 3 aromatic rings. The number of para-hydroxylation sites is 1. The van der Waals surface area contributed by atoms with Gasteiger partial charge in [0.1, 0.15) is 0 Å². The van der Waals surface area contributed by atoms with Crippen LogP contribution in [0.5, 0.6) is 0 Å². The third kappa shape index (κ3) is 3.09. The highest BCUT2D eigenvalue weighted by Gasteiger charge is 2.18. The largest absolute Gasteiger partial charge is 0.334 e. The maximum atomic E-state index is 12.7. The van der Waals surface area contributed by atoms with Crippen LogP contribution in [-0.4, -0.2) is 20.7 Å². The molecule has 118 valence electrons. The molecule has 0 bridgehead atoms. The number of rotatable bonds is 5. The number of nitrogens with one attached hydrogen (secondary N) is 1. The van der Waals surface area contributed by atoms with Gasteiger partial charge in [-0.05, 0) is 30.3 Å². The third-order valence-corrected chi connectivity index (χ3v) is 3.35. The molecule has 2 heterocycles. The Bertz CT molecular complexity index is 897. The molecule has 0 radical (unpaired) electrons. The molecule has 0 saturated heterocycles. The summed E-state index contributed by atoms with van der Waals surface area (Å²) < 4.78 is 0. The second-order valence-electron chi connectivity index (χ2n) is 4.86. The van der Waals surface area contributed by atoms with Crippen molar-refractivity contribution in [1.82, 2.24) is 9.97 Å². The smallest absolute Gasteiger partial charge is 0.311 e. The van der Waals surface area contributed by atoms with Crippen molar-refractivity contribution < 1.29 is 9.72 Å². The minimum absolute atomic E-state index is 0.0810. The van der Waals surface area contributed by atoms with Gasteiger partial charge in [-0.2, -0.15) is 0 Å². The van der Waals surface area contributed by atoms with E-state index in [2.05, 4.69) is 15.3 Å². The number of nitrogens with zero attached hydrogens (tertiary/aromatic N) is 3. The average molecular weight is 320 g/mol. The zero-order valence-electron chi connectivity index (χ0n) is 12.4. The standard InChI is InChI=1S/C17H12N4O3/c22-16(12-7-10-18-11-8-12)13-4-1-2-5-14(13)20-17-15(21(23)24)6-3-9-19-17/h1-11H,(H,19,20). The second kappa shape index (κ2) is 6.66. The highest BCUT2D eigenvalue weighted by molar-refractivity contribution is 6.12. The van der Waals surface area contributed by atoms with Crippen molar-refractivity contribution in [2.45, 2.75) is 0 Å². The van der Waals surface area contributed by atoms with E-state index in [0.29, 0.717) is 16.8 Å². The predicted molar refractivity (Wildman–Crippen MR) is 88.3 cm³/mol. The lowest BCUT2D eigenvalue weighted by atomic mass is 10.0. The lowest BCUT2D eigenvalue weighted by Gasteiger charge is -2.10.